The van der Waals surface area contributed by atoms with Gasteiger partial charge in [-0.2, -0.15) is 0 Å². The number of hydrogen-bond donors (Lipinski definition) is 1. The number of benzene rings is 3. The molecule has 3 atom stereocenters. The quantitative estimate of drug-likeness (QED) is 0.383. The minimum Gasteiger partial charge on any atom is -0.508 e. The maximum absolute atomic E-state index is 13.5. The number of carbonyl (C=O) groups is 2. The molecule has 3 aromatic rings. The number of non-ortho nitro benzene ring substituents is 1. The highest BCUT2D eigenvalue weighted by molar-refractivity contribution is 6.24. The van der Waals surface area contributed by atoms with Gasteiger partial charge in [0.25, 0.3) is 11.6 Å². The molecule has 9 nitrogen and oxygen atoms in total. The molecule has 0 unspecified atom stereocenters. The number of amides is 2. The van der Waals surface area contributed by atoms with Crippen molar-refractivity contribution in [2.24, 2.45) is 5.92 Å². The van der Waals surface area contributed by atoms with Gasteiger partial charge in [-0.3, -0.25) is 24.5 Å². The minimum absolute atomic E-state index is 0.0718. The summed E-state index contributed by atoms with van der Waals surface area (Å²) in [5.41, 5.74) is 1.26. The highest BCUT2D eigenvalue weighted by Crippen LogP contribution is 2.47. The lowest BCUT2D eigenvalue weighted by Gasteiger charge is -2.28. The summed E-state index contributed by atoms with van der Waals surface area (Å²) in [7, 11) is 0. The van der Waals surface area contributed by atoms with Crippen molar-refractivity contribution in [1.82, 2.24) is 0 Å². The molecular formula is C23H17N3O6. The van der Waals surface area contributed by atoms with E-state index in [9.17, 15) is 24.8 Å². The number of aromatic hydroxyl groups is 1. The molecule has 1 N–H and O–H groups in total. The number of fused-ring (bicyclic) bond motifs is 1. The highest BCUT2D eigenvalue weighted by atomic mass is 16.7. The molecule has 0 saturated carbocycles. The zero-order chi connectivity index (χ0) is 22.4. The number of imide groups is 1. The van der Waals surface area contributed by atoms with Crippen molar-refractivity contribution in [1.29, 1.82) is 0 Å². The van der Waals surface area contributed by atoms with Crippen molar-refractivity contribution < 1.29 is 24.5 Å². The Morgan fingerprint density at radius 1 is 0.875 bits per heavy atom. The van der Waals surface area contributed by atoms with Crippen molar-refractivity contribution in [3.05, 3.63) is 94.5 Å². The fourth-order valence-corrected chi connectivity index (χ4v) is 4.22. The maximum Gasteiger partial charge on any atom is 0.271 e. The molecule has 2 amide bonds. The van der Waals surface area contributed by atoms with Gasteiger partial charge in [-0.1, -0.05) is 36.4 Å². The van der Waals surface area contributed by atoms with E-state index in [-0.39, 0.29) is 17.1 Å². The normalized spacial score (nSPS) is 22.3. The predicted octanol–water partition coefficient (Wildman–Crippen LogP) is 3.35. The Morgan fingerprint density at radius 3 is 2.25 bits per heavy atom. The Morgan fingerprint density at radius 2 is 1.56 bits per heavy atom. The third-order valence-electron chi connectivity index (χ3n) is 5.66. The molecule has 9 heteroatoms. The van der Waals surface area contributed by atoms with Crippen LogP contribution in [0.5, 0.6) is 5.75 Å². The van der Waals surface area contributed by atoms with Gasteiger partial charge in [0.05, 0.1) is 22.3 Å². The number of nitrogens with zero attached hydrogens (tertiary/aromatic N) is 3. The maximum atomic E-state index is 13.5. The summed E-state index contributed by atoms with van der Waals surface area (Å²) in [6, 6.07) is 20.2. The zero-order valence-electron chi connectivity index (χ0n) is 16.6. The molecule has 2 aliphatic rings. The SMILES string of the molecule is O=C1[C@H]2[C@@H](c3ccc(O)cc3)N(c3ccccc3)O[C@H]2C(=O)N1c1cccc([N+](=O)[O-])c1. The van der Waals surface area contributed by atoms with Crippen LogP contribution < -0.4 is 9.96 Å². The van der Waals surface area contributed by atoms with E-state index in [0.717, 1.165) is 4.90 Å². The Bertz CT molecular complexity index is 1210. The van der Waals surface area contributed by atoms with Crippen LogP contribution in [0.2, 0.25) is 0 Å². The Labute approximate surface area is 182 Å². The number of para-hydroxylation sites is 1. The monoisotopic (exact) mass is 431 g/mol. The molecule has 160 valence electrons. The van der Waals surface area contributed by atoms with Gasteiger partial charge < -0.3 is 5.11 Å². The fraction of sp³-hybridized carbons (Fsp3) is 0.130. The van der Waals surface area contributed by atoms with Crippen LogP contribution >= 0.6 is 0 Å². The van der Waals surface area contributed by atoms with Crippen LogP contribution in [0, 0.1) is 16.0 Å². The van der Waals surface area contributed by atoms with Crippen molar-refractivity contribution in [3.8, 4) is 5.75 Å². The second kappa shape index (κ2) is 7.47. The molecule has 2 fully saturated rings. The Kier molecular flexibility index (Phi) is 4.60. The van der Waals surface area contributed by atoms with Gasteiger partial charge >= 0.3 is 0 Å². The average Bonchev–Trinajstić information content (AvgIpc) is 3.31. The van der Waals surface area contributed by atoms with Crippen molar-refractivity contribution in [3.63, 3.8) is 0 Å². The number of hydrogen-bond acceptors (Lipinski definition) is 7. The highest BCUT2D eigenvalue weighted by Gasteiger charge is 2.60. The molecule has 0 aliphatic carbocycles. The van der Waals surface area contributed by atoms with E-state index in [1.807, 2.05) is 30.3 Å². The number of phenols is 1. The minimum atomic E-state index is -1.08. The van der Waals surface area contributed by atoms with E-state index < -0.39 is 34.8 Å². The number of carbonyl (C=O) groups excluding carboxylic acids is 2. The molecule has 0 bridgehead atoms. The number of anilines is 2. The van der Waals surface area contributed by atoms with E-state index in [2.05, 4.69) is 0 Å². The predicted molar refractivity (Wildman–Crippen MR) is 114 cm³/mol. The summed E-state index contributed by atoms with van der Waals surface area (Å²) in [5, 5.41) is 22.4. The van der Waals surface area contributed by atoms with Crippen LogP contribution in [-0.2, 0) is 14.4 Å². The third kappa shape index (κ3) is 3.07. The lowest BCUT2D eigenvalue weighted by atomic mass is 9.90. The second-order valence-electron chi connectivity index (χ2n) is 7.54. The van der Waals surface area contributed by atoms with E-state index in [1.54, 1.807) is 17.2 Å². The van der Waals surface area contributed by atoms with Gasteiger partial charge in [-0.15, -0.1) is 0 Å². The Hall–Kier alpha value is -4.24. The summed E-state index contributed by atoms with van der Waals surface area (Å²) in [6.45, 7) is 0. The van der Waals surface area contributed by atoms with Crippen LogP contribution in [0.15, 0.2) is 78.9 Å². The standard InChI is InChI=1S/C23H17N3O6/c27-18-11-9-14(10-12-18)20-19-21(32-25(20)15-5-2-1-3-6-15)23(29)24(22(19)28)16-7-4-8-17(13-16)26(30)31/h1-13,19-21,27H/t19-,20+,21+/m0/s1. The van der Waals surface area contributed by atoms with E-state index >= 15 is 0 Å². The topological polar surface area (TPSA) is 113 Å². The van der Waals surface area contributed by atoms with Crippen molar-refractivity contribution >= 4 is 28.9 Å². The van der Waals surface area contributed by atoms with Crippen molar-refractivity contribution in [2.75, 3.05) is 9.96 Å². The first-order chi connectivity index (χ1) is 15.5. The van der Waals surface area contributed by atoms with Gasteiger partial charge in [0.2, 0.25) is 5.91 Å². The summed E-state index contributed by atoms with van der Waals surface area (Å²) in [4.78, 5) is 44.3. The lowest BCUT2D eigenvalue weighted by Crippen LogP contribution is -2.37. The molecule has 0 spiro atoms. The largest absolute Gasteiger partial charge is 0.508 e. The van der Waals surface area contributed by atoms with Gasteiger partial charge in [-0.05, 0) is 35.9 Å². The molecular weight excluding hydrogens is 414 g/mol. The average molecular weight is 431 g/mol. The number of rotatable bonds is 4. The van der Waals surface area contributed by atoms with Crippen LogP contribution in [0.1, 0.15) is 11.6 Å². The number of hydroxylamine groups is 1. The van der Waals surface area contributed by atoms with Crippen LogP contribution in [0.4, 0.5) is 17.1 Å². The molecule has 2 aliphatic heterocycles. The number of nitro benzene ring substituents is 1. The van der Waals surface area contributed by atoms with Gasteiger partial charge in [0.15, 0.2) is 6.10 Å². The molecule has 3 aromatic carbocycles. The smallest absolute Gasteiger partial charge is 0.271 e. The molecule has 32 heavy (non-hydrogen) atoms. The summed E-state index contributed by atoms with van der Waals surface area (Å²) in [6.07, 6.45) is -1.08. The van der Waals surface area contributed by atoms with Crippen LogP contribution in [0.3, 0.4) is 0 Å². The molecule has 2 heterocycles. The van der Waals surface area contributed by atoms with Crippen molar-refractivity contribution in [2.45, 2.75) is 12.1 Å². The van der Waals surface area contributed by atoms with E-state index in [0.29, 0.717) is 11.3 Å². The van der Waals surface area contributed by atoms with E-state index in [4.69, 9.17) is 4.84 Å². The Balaban J connectivity index is 1.57. The lowest BCUT2D eigenvalue weighted by molar-refractivity contribution is -0.384. The van der Waals surface area contributed by atoms with Gasteiger partial charge in [0, 0.05) is 12.1 Å². The molecule has 2 saturated heterocycles. The first-order valence-electron chi connectivity index (χ1n) is 9.88. The molecule has 0 aromatic heterocycles. The van der Waals surface area contributed by atoms with Gasteiger partial charge in [-0.25, -0.2) is 9.96 Å². The van der Waals surface area contributed by atoms with E-state index in [1.165, 1.54) is 36.4 Å². The fourth-order valence-electron chi connectivity index (χ4n) is 4.22. The first-order valence-corrected chi connectivity index (χ1v) is 9.88. The summed E-state index contributed by atoms with van der Waals surface area (Å²) < 4.78 is 0. The summed E-state index contributed by atoms with van der Waals surface area (Å²) >= 11 is 0. The number of phenolic OH excluding ortho intramolecular Hbond substituents is 1. The summed E-state index contributed by atoms with van der Waals surface area (Å²) in [5.74, 6) is -1.88. The first kappa shape index (κ1) is 19.7. The zero-order valence-corrected chi connectivity index (χ0v) is 16.6. The van der Waals surface area contributed by atoms with Gasteiger partial charge in [0.1, 0.15) is 11.7 Å². The second-order valence-corrected chi connectivity index (χ2v) is 7.54. The molecule has 0 radical (unpaired) electrons. The number of nitro groups is 1. The van der Waals surface area contributed by atoms with Crippen LogP contribution in [-0.4, -0.2) is 27.9 Å². The third-order valence-corrected chi connectivity index (χ3v) is 5.66. The van der Waals surface area contributed by atoms with Crippen LogP contribution in [0.25, 0.3) is 0 Å². The molecule has 5 rings (SSSR count).